The molecule has 1 aliphatic carbocycles. The molecule has 3 rings (SSSR count). The second-order valence-corrected chi connectivity index (χ2v) is 6.86. The van der Waals surface area contributed by atoms with E-state index in [0.717, 1.165) is 25.7 Å². The van der Waals surface area contributed by atoms with Crippen LogP contribution >= 0.6 is 0 Å². The monoisotopic (exact) mass is 332 g/mol. The lowest BCUT2D eigenvalue weighted by Crippen LogP contribution is -2.42. The quantitative estimate of drug-likeness (QED) is 0.863. The molecule has 2 amide bonds. The Morgan fingerprint density at radius 1 is 1.00 bits per heavy atom. The minimum Gasteiger partial charge on any atom is -0.353 e. The Bertz CT molecular complexity index is 580. The molecular formula is C19H25FN2O2. The van der Waals surface area contributed by atoms with Crippen LogP contribution in [-0.2, 0) is 9.59 Å². The summed E-state index contributed by atoms with van der Waals surface area (Å²) in [7, 11) is 0. The summed E-state index contributed by atoms with van der Waals surface area (Å²) in [5, 5.41) is 3.09. The fourth-order valence-corrected chi connectivity index (χ4v) is 3.70. The van der Waals surface area contributed by atoms with E-state index in [4.69, 9.17) is 0 Å². The van der Waals surface area contributed by atoms with Crippen LogP contribution in [-0.4, -0.2) is 24.4 Å². The first-order valence-electron chi connectivity index (χ1n) is 9.02. The first kappa shape index (κ1) is 16.9. The predicted molar refractivity (Wildman–Crippen MR) is 91.1 cm³/mol. The number of benzene rings is 1. The van der Waals surface area contributed by atoms with Crippen LogP contribution in [0, 0.1) is 11.7 Å². The van der Waals surface area contributed by atoms with E-state index in [0.29, 0.717) is 18.7 Å². The van der Waals surface area contributed by atoms with Crippen molar-refractivity contribution < 1.29 is 14.0 Å². The highest BCUT2D eigenvalue weighted by molar-refractivity contribution is 6.09. The van der Waals surface area contributed by atoms with E-state index < -0.39 is 5.92 Å². The molecule has 24 heavy (non-hydrogen) atoms. The van der Waals surface area contributed by atoms with Gasteiger partial charge in [0.1, 0.15) is 11.7 Å². The number of rotatable bonds is 3. The zero-order chi connectivity index (χ0) is 16.9. The van der Waals surface area contributed by atoms with Crippen LogP contribution in [0.2, 0.25) is 0 Å². The Morgan fingerprint density at radius 2 is 1.62 bits per heavy atom. The summed E-state index contributed by atoms with van der Waals surface area (Å²) < 4.78 is 13.0. The number of nitrogens with zero attached hydrogens (tertiary/aromatic N) is 1. The van der Waals surface area contributed by atoms with E-state index in [1.54, 1.807) is 17.0 Å². The van der Waals surface area contributed by atoms with Crippen molar-refractivity contribution in [3.05, 3.63) is 30.1 Å². The number of carbonyl (C=O) groups is 2. The summed E-state index contributed by atoms with van der Waals surface area (Å²) in [5.41, 5.74) is 0.655. The van der Waals surface area contributed by atoms with Crippen molar-refractivity contribution >= 4 is 17.5 Å². The molecule has 5 heteroatoms. The molecule has 4 nitrogen and oxygen atoms in total. The van der Waals surface area contributed by atoms with E-state index in [1.165, 1.54) is 31.4 Å². The van der Waals surface area contributed by atoms with Crippen LogP contribution in [0.4, 0.5) is 10.1 Å². The molecule has 1 N–H and O–H groups in total. The van der Waals surface area contributed by atoms with Gasteiger partial charge in [-0.05, 0) is 43.5 Å². The molecule has 0 radical (unpaired) electrons. The third kappa shape index (κ3) is 3.94. The van der Waals surface area contributed by atoms with Crippen molar-refractivity contribution in [1.29, 1.82) is 0 Å². The molecule has 2 aliphatic rings. The number of amides is 2. The highest BCUT2D eigenvalue weighted by atomic mass is 19.1. The molecule has 1 aromatic carbocycles. The largest absolute Gasteiger partial charge is 0.353 e. The molecule has 1 heterocycles. The van der Waals surface area contributed by atoms with Gasteiger partial charge >= 0.3 is 0 Å². The van der Waals surface area contributed by atoms with Crippen LogP contribution in [0.1, 0.15) is 51.4 Å². The van der Waals surface area contributed by atoms with Crippen molar-refractivity contribution in [2.75, 3.05) is 11.4 Å². The lowest BCUT2D eigenvalue weighted by molar-refractivity contribution is -0.132. The van der Waals surface area contributed by atoms with Gasteiger partial charge in [0.05, 0.1) is 0 Å². The van der Waals surface area contributed by atoms with Gasteiger partial charge in [-0.3, -0.25) is 9.59 Å². The zero-order valence-electron chi connectivity index (χ0n) is 14.0. The lowest BCUT2D eigenvalue weighted by Gasteiger charge is -2.22. The van der Waals surface area contributed by atoms with Gasteiger partial charge in [-0.2, -0.15) is 0 Å². The number of anilines is 1. The summed E-state index contributed by atoms with van der Waals surface area (Å²) in [6.07, 6.45) is 8.57. The van der Waals surface area contributed by atoms with Crippen LogP contribution in [0.15, 0.2) is 24.3 Å². The average molecular weight is 332 g/mol. The van der Waals surface area contributed by atoms with Crippen molar-refractivity contribution in [3.63, 3.8) is 0 Å². The Labute approximate surface area is 142 Å². The number of halogens is 1. The maximum absolute atomic E-state index is 13.0. The van der Waals surface area contributed by atoms with E-state index in [-0.39, 0.29) is 23.7 Å². The molecule has 0 spiro atoms. The molecular weight excluding hydrogens is 307 g/mol. The van der Waals surface area contributed by atoms with Crippen LogP contribution < -0.4 is 10.2 Å². The zero-order valence-corrected chi connectivity index (χ0v) is 14.0. The normalized spacial score (nSPS) is 23.0. The highest BCUT2D eigenvalue weighted by Crippen LogP contribution is 2.26. The maximum atomic E-state index is 13.0. The Hall–Kier alpha value is -1.91. The van der Waals surface area contributed by atoms with E-state index in [1.807, 2.05) is 0 Å². The molecule has 1 atom stereocenters. The topological polar surface area (TPSA) is 49.4 Å². The molecule has 1 saturated carbocycles. The van der Waals surface area contributed by atoms with E-state index in [9.17, 15) is 14.0 Å². The fourth-order valence-electron chi connectivity index (χ4n) is 3.70. The summed E-state index contributed by atoms with van der Waals surface area (Å²) in [6.45, 7) is 0.507. The minimum atomic E-state index is -0.611. The number of nitrogens with one attached hydrogen (secondary N) is 1. The molecule has 2 fully saturated rings. The van der Waals surface area contributed by atoms with Gasteiger partial charge in [0.15, 0.2) is 0 Å². The smallest absolute Gasteiger partial charge is 0.239 e. The van der Waals surface area contributed by atoms with Crippen molar-refractivity contribution in [2.45, 2.75) is 57.4 Å². The van der Waals surface area contributed by atoms with E-state index in [2.05, 4.69) is 5.32 Å². The first-order valence-corrected chi connectivity index (χ1v) is 9.02. The van der Waals surface area contributed by atoms with E-state index >= 15 is 0 Å². The van der Waals surface area contributed by atoms with Gasteiger partial charge in [0.2, 0.25) is 11.8 Å². The van der Waals surface area contributed by atoms with Gasteiger partial charge in [0, 0.05) is 18.3 Å². The van der Waals surface area contributed by atoms with Crippen LogP contribution in [0.5, 0.6) is 0 Å². The second kappa shape index (κ2) is 7.77. The van der Waals surface area contributed by atoms with Gasteiger partial charge in [0.25, 0.3) is 0 Å². The molecule has 130 valence electrons. The average Bonchev–Trinajstić information content (AvgIpc) is 2.92. The van der Waals surface area contributed by atoms with Crippen LogP contribution in [0.3, 0.4) is 0 Å². The Morgan fingerprint density at radius 3 is 2.29 bits per heavy atom. The van der Waals surface area contributed by atoms with Crippen molar-refractivity contribution in [1.82, 2.24) is 5.32 Å². The lowest BCUT2D eigenvalue weighted by atomic mass is 9.96. The van der Waals surface area contributed by atoms with Crippen molar-refractivity contribution in [2.24, 2.45) is 5.92 Å². The molecule has 0 bridgehead atoms. The molecule has 1 aliphatic heterocycles. The standard InChI is InChI=1S/C19H25FN2O2/c20-14-8-10-16(11-9-14)22-13-12-17(19(22)24)18(23)21-15-6-4-2-1-3-5-7-15/h8-11,15,17H,1-7,12-13H2,(H,21,23). The number of carbonyl (C=O) groups excluding carboxylic acids is 2. The second-order valence-electron chi connectivity index (χ2n) is 6.86. The molecule has 1 saturated heterocycles. The van der Waals surface area contributed by atoms with Crippen LogP contribution in [0.25, 0.3) is 0 Å². The predicted octanol–water partition coefficient (Wildman–Crippen LogP) is 3.41. The Balaban J connectivity index is 1.59. The number of hydrogen-bond donors (Lipinski definition) is 1. The summed E-state index contributed by atoms with van der Waals surface area (Å²) in [5.74, 6) is -1.26. The fraction of sp³-hybridized carbons (Fsp3) is 0.579. The van der Waals surface area contributed by atoms with Gasteiger partial charge in [-0.1, -0.05) is 32.1 Å². The van der Waals surface area contributed by atoms with Gasteiger partial charge in [-0.25, -0.2) is 4.39 Å². The molecule has 1 unspecified atom stereocenters. The maximum Gasteiger partial charge on any atom is 0.239 e. The summed E-state index contributed by atoms with van der Waals surface area (Å²) in [6, 6.07) is 6.05. The molecule has 1 aromatic rings. The number of hydrogen-bond acceptors (Lipinski definition) is 2. The highest BCUT2D eigenvalue weighted by Gasteiger charge is 2.38. The third-order valence-corrected chi connectivity index (χ3v) is 5.11. The van der Waals surface area contributed by atoms with Gasteiger partial charge in [-0.15, -0.1) is 0 Å². The Kier molecular flexibility index (Phi) is 5.48. The SMILES string of the molecule is O=C(NC1CCCCCCC1)C1CCN(c2ccc(F)cc2)C1=O. The minimum absolute atomic E-state index is 0.143. The van der Waals surface area contributed by atoms with Gasteiger partial charge < -0.3 is 10.2 Å². The summed E-state index contributed by atoms with van der Waals surface area (Å²) in [4.78, 5) is 26.7. The summed E-state index contributed by atoms with van der Waals surface area (Å²) >= 11 is 0. The van der Waals surface area contributed by atoms with Crippen molar-refractivity contribution in [3.8, 4) is 0 Å². The molecule has 0 aromatic heterocycles. The third-order valence-electron chi connectivity index (χ3n) is 5.11. The first-order chi connectivity index (χ1) is 11.6.